The third-order valence-corrected chi connectivity index (χ3v) is 5.02. The van der Waals surface area contributed by atoms with Crippen LogP contribution in [0.3, 0.4) is 0 Å². The summed E-state index contributed by atoms with van der Waals surface area (Å²) in [5.74, 6) is -0.498. The van der Waals surface area contributed by atoms with Crippen LogP contribution in [0.1, 0.15) is 23.0 Å². The number of ether oxygens (including phenoxy) is 1. The van der Waals surface area contributed by atoms with Crippen molar-refractivity contribution in [3.63, 3.8) is 0 Å². The van der Waals surface area contributed by atoms with Crippen molar-refractivity contribution in [2.24, 2.45) is 0 Å². The SMILES string of the molecule is CCOC(=O)c1cn2nc(N3CCNCC3)c(-c3ccccc3C(F)(F)F)c2c(=O)[nH]1. The van der Waals surface area contributed by atoms with Crippen molar-refractivity contribution in [2.75, 3.05) is 37.7 Å². The van der Waals surface area contributed by atoms with Gasteiger partial charge in [0.25, 0.3) is 5.56 Å². The number of hydrogen-bond acceptors (Lipinski definition) is 6. The molecule has 4 rings (SSSR count). The molecular weight excluding hydrogens is 415 g/mol. The molecule has 0 unspecified atom stereocenters. The summed E-state index contributed by atoms with van der Waals surface area (Å²) in [6.07, 6.45) is -3.36. The van der Waals surface area contributed by atoms with E-state index in [0.717, 1.165) is 10.6 Å². The van der Waals surface area contributed by atoms with Crippen molar-refractivity contribution in [2.45, 2.75) is 13.1 Å². The molecule has 0 spiro atoms. The number of hydrogen-bond donors (Lipinski definition) is 2. The predicted molar refractivity (Wildman–Crippen MR) is 107 cm³/mol. The number of piperazine rings is 1. The van der Waals surface area contributed by atoms with Gasteiger partial charge in [0.15, 0.2) is 5.82 Å². The molecule has 164 valence electrons. The zero-order valence-corrected chi connectivity index (χ0v) is 16.6. The Hall–Kier alpha value is -3.34. The van der Waals surface area contributed by atoms with Gasteiger partial charge in [-0.25, -0.2) is 9.31 Å². The van der Waals surface area contributed by atoms with E-state index < -0.39 is 23.3 Å². The van der Waals surface area contributed by atoms with Gasteiger partial charge in [0, 0.05) is 31.7 Å². The summed E-state index contributed by atoms with van der Waals surface area (Å²) in [7, 11) is 0. The third-order valence-electron chi connectivity index (χ3n) is 5.02. The number of rotatable bonds is 4. The molecule has 1 fully saturated rings. The maximum Gasteiger partial charge on any atom is 0.417 e. The number of carbonyl (C=O) groups is 1. The van der Waals surface area contributed by atoms with Gasteiger partial charge in [0.2, 0.25) is 0 Å². The molecule has 8 nitrogen and oxygen atoms in total. The molecule has 0 radical (unpaired) electrons. The topological polar surface area (TPSA) is 91.7 Å². The molecule has 3 aromatic rings. The number of anilines is 1. The molecule has 1 aliphatic heterocycles. The fourth-order valence-electron chi connectivity index (χ4n) is 3.68. The Labute approximate surface area is 174 Å². The maximum atomic E-state index is 13.8. The minimum Gasteiger partial charge on any atom is -0.461 e. The second kappa shape index (κ2) is 8.06. The van der Waals surface area contributed by atoms with Crippen molar-refractivity contribution in [3.05, 3.63) is 52.1 Å². The summed E-state index contributed by atoms with van der Waals surface area (Å²) in [6, 6.07) is 5.08. The highest BCUT2D eigenvalue weighted by Gasteiger charge is 2.36. The Bertz CT molecular complexity index is 1180. The number of esters is 1. The average Bonchev–Trinajstić information content (AvgIpc) is 3.14. The molecule has 2 N–H and O–H groups in total. The number of fused-ring (bicyclic) bond motifs is 1. The van der Waals surface area contributed by atoms with E-state index >= 15 is 0 Å². The summed E-state index contributed by atoms with van der Waals surface area (Å²) < 4.78 is 47.4. The van der Waals surface area contributed by atoms with Crippen LogP contribution < -0.4 is 15.8 Å². The van der Waals surface area contributed by atoms with Crippen molar-refractivity contribution in [1.82, 2.24) is 19.9 Å². The van der Waals surface area contributed by atoms with E-state index in [4.69, 9.17) is 4.74 Å². The first-order valence-corrected chi connectivity index (χ1v) is 9.76. The van der Waals surface area contributed by atoms with Crippen molar-refractivity contribution in [3.8, 4) is 11.1 Å². The number of H-pyrrole nitrogens is 1. The summed E-state index contributed by atoms with van der Waals surface area (Å²) in [5.41, 5.74) is -1.87. The molecule has 2 aromatic heterocycles. The number of aromatic nitrogens is 3. The fourth-order valence-corrected chi connectivity index (χ4v) is 3.68. The number of nitrogens with zero attached hydrogens (tertiary/aromatic N) is 3. The van der Waals surface area contributed by atoms with Crippen LogP contribution in [-0.2, 0) is 10.9 Å². The van der Waals surface area contributed by atoms with Crippen LogP contribution >= 0.6 is 0 Å². The number of nitrogens with one attached hydrogen (secondary N) is 2. The molecule has 1 saturated heterocycles. The monoisotopic (exact) mass is 435 g/mol. The Kier molecular flexibility index (Phi) is 5.44. The zero-order chi connectivity index (χ0) is 22.2. The van der Waals surface area contributed by atoms with Gasteiger partial charge in [0.1, 0.15) is 11.2 Å². The van der Waals surface area contributed by atoms with Gasteiger partial charge < -0.3 is 19.9 Å². The lowest BCUT2D eigenvalue weighted by Crippen LogP contribution is -2.44. The van der Waals surface area contributed by atoms with Crippen molar-refractivity contribution < 1.29 is 22.7 Å². The Morgan fingerprint density at radius 2 is 1.94 bits per heavy atom. The molecule has 1 aromatic carbocycles. The molecule has 0 atom stereocenters. The first-order valence-electron chi connectivity index (χ1n) is 9.76. The number of aromatic amines is 1. The van der Waals surface area contributed by atoms with Crippen LogP contribution in [0.4, 0.5) is 19.0 Å². The first kappa shape index (κ1) is 20.9. The van der Waals surface area contributed by atoms with Gasteiger partial charge >= 0.3 is 12.1 Å². The molecule has 0 saturated carbocycles. The molecule has 3 heterocycles. The van der Waals surface area contributed by atoms with E-state index in [1.165, 1.54) is 24.4 Å². The summed E-state index contributed by atoms with van der Waals surface area (Å²) in [5, 5.41) is 7.60. The molecule has 0 aliphatic carbocycles. The smallest absolute Gasteiger partial charge is 0.417 e. The third kappa shape index (κ3) is 3.88. The molecule has 1 aliphatic rings. The number of benzene rings is 1. The molecular formula is C20H20F3N5O3. The zero-order valence-electron chi connectivity index (χ0n) is 16.6. The second-order valence-electron chi connectivity index (χ2n) is 6.99. The van der Waals surface area contributed by atoms with E-state index in [1.807, 2.05) is 4.90 Å². The number of alkyl halides is 3. The van der Waals surface area contributed by atoms with Crippen LogP contribution in [0.25, 0.3) is 16.6 Å². The van der Waals surface area contributed by atoms with Crippen LogP contribution in [0.5, 0.6) is 0 Å². The van der Waals surface area contributed by atoms with Gasteiger partial charge in [-0.05, 0) is 13.0 Å². The van der Waals surface area contributed by atoms with Crippen LogP contribution in [-0.4, -0.2) is 53.4 Å². The highest BCUT2D eigenvalue weighted by molar-refractivity contribution is 5.92. The lowest BCUT2D eigenvalue weighted by Gasteiger charge is -2.28. The lowest BCUT2D eigenvalue weighted by molar-refractivity contribution is -0.137. The minimum absolute atomic E-state index is 0.0710. The van der Waals surface area contributed by atoms with Gasteiger partial charge in [-0.1, -0.05) is 18.2 Å². The largest absolute Gasteiger partial charge is 0.461 e. The Balaban J connectivity index is 2.01. The van der Waals surface area contributed by atoms with Crippen molar-refractivity contribution >= 4 is 17.3 Å². The number of halogens is 3. The van der Waals surface area contributed by atoms with E-state index in [-0.39, 0.29) is 34.8 Å². The van der Waals surface area contributed by atoms with Crippen LogP contribution in [0.15, 0.2) is 35.3 Å². The maximum absolute atomic E-state index is 13.8. The quantitative estimate of drug-likeness (QED) is 0.611. The van der Waals surface area contributed by atoms with E-state index in [1.54, 1.807) is 6.92 Å². The predicted octanol–water partition coefficient (Wildman–Crippen LogP) is 2.29. The van der Waals surface area contributed by atoms with Gasteiger partial charge in [-0.15, -0.1) is 5.10 Å². The Morgan fingerprint density at radius 3 is 2.61 bits per heavy atom. The lowest BCUT2D eigenvalue weighted by atomic mass is 9.99. The minimum atomic E-state index is -4.62. The molecule has 0 bridgehead atoms. The van der Waals surface area contributed by atoms with Gasteiger partial charge in [-0.3, -0.25) is 4.79 Å². The molecule has 0 amide bonds. The van der Waals surface area contributed by atoms with Crippen molar-refractivity contribution in [1.29, 1.82) is 0 Å². The highest BCUT2D eigenvalue weighted by atomic mass is 19.4. The van der Waals surface area contributed by atoms with E-state index in [9.17, 15) is 22.8 Å². The van der Waals surface area contributed by atoms with E-state index in [0.29, 0.717) is 26.2 Å². The summed E-state index contributed by atoms with van der Waals surface area (Å²) in [4.78, 5) is 29.3. The second-order valence-corrected chi connectivity index (χ2v) is 6.99. The van der Waals surface area contributed by atoms with Gasteiger partial charge in [0.05, 0.1) is 23.9 Å². The number of carbonyl (C=O) groups excluding carboxylic acids is 1. The van der Waals surface area contributed by atoms with Crippen LogP contribution in [0, 0.1) is 0 Å². The average molecular weight is 435 g/mol. The van der Waals surface area contributed by atoms with E-state index in [2.05, 4.69) is 15.4 Å². The van der Waals surface area contributed by atoms with Gasteiger partial charge in [-0.2, -0.15) is 13.2 Å². The molecule has 11 heteroatoms. The first-order chi connectivity index (χ1) is 14.8. The Morgan fingerprint density at radius 1 is 1.23 bits per heavy atom. The van der Waals surface area contributed by atoms with Crippen LogP contribution in [0.2, 0.25) is 0 Å². The normalized spacial score (nSPS) is 14.8. The highest BCUT2D eigenvalue weighted by Crippen LogP contribution is 2.41. The summed E-state index contributed by atoms with van der Waals surface area (Å²) >= 11 is 0. The molecule has 31 heavy (non-hydrogen) atoms. The summed E-state index contributed by atoms with van der Waals surface area (Å²) in [6.45, 7) is 3.99. The fraction of sp³-hybridized carbons (Fsp3) is 0.350. The standard InChI is InChI=1S/C20H20F3N5O3/c1-2-31-19(30)14-11-28-16(18(29)25-14)15(17(26-28)27-9-7-24-8-10-27)12-5-3-4-6-13(12)20(21,22)23/h3-6,11,24H,2,7-10H2,1H3,(H,25,29).